The Hall–Kier alpha value is -2.84. The van der Waals surface area contributed by atoms with E-state index in [4.69, 9.17) is 0 Å². The van der Waals surface area contributed by atoms with Crippen LogP contribution >= 0.6 is 0 Å². The standard InChI is InChI=1S/C15H12F3N5O/c16-7-4-8(12(18)10(17)5-7)11-2-1-3-23(11)15-20-13-9(6-19-22-13)14(24)21-15/h4-6,11H,1-3H2,(H2,19,20,21,22,24). The smallest absolute Gasteiger partial charge is 0.263 e. The van der Waals surface area contributed by atoms with E-state index in [1.807, 2.05) is 0 Å². The van der Waals surface area contributed by atoms with Crippen molar-refractivity contribution in [2.45, 2.75) is 18.9 Å². The molecule has 24 heavy (non-hydrogen) atoms. The molecule has 1 aliphatic rings. The quantitative estimate of drug-likeness (QED) is 0.705. The van der Waals surface area contributed by atoms with Crippen LogP contribution in [0.2, 0.25) is 0 Å². The largest absolute Gasteiger partial charge is 0.335 e. The highest BCUT2D eigenvalue weighted by atomic mass is 19.2. The molecule has 0 bridgehead atoms. The zero-order chi connectivity index (χ0) is 16.8. The van der Waals surface area contributed by atoms with Crippen molar-refractivity contribution in [3.63, 3.8) is 0 Å². The van der Waals surface area contributed by atoms with Gasteiger partial charge in [0.2, 0.25) is 5.95 Å². The van der Waals surface area contributed by atoms with Gasteiger partial charge in [0.25, 0.3) is 5.56 Å². The minimum absolute atomic E-state index is 0.0858. The molecule has 6 nitrogen and oxygen atoms in total. The van der Waals surface area contributed by atoms with E-state index in [1.165, 1.54) is 6.20 Å². The Bertz CT molecular complexity index is 983. The maximum atomic E-state index is 14.1. The molecule has 0 amide bonds. The van der Waals surface area contributed by atoms with E-state index in [0.29, 0.717) is 36.5 Å². The second-order valence-corrected chi connectivity index (χ2v) is 5.66. The summed E-state index contributed by atoms with van der Waals surface area (Å²) in [5, 5.41) is 6.67. The fraction of sp³-hybridized carbons (Fsp3) is 0.267. The van der Waals surface area contributed by atoms with Gasteiger partial charge in [-0.15, -0.1) is 0 Å². The normalized spacial score (nSPS) is 17.8. The monoisotopic (exact) mass is 335 g/mol. The number of rotatable bonds is 2. The highest BCUT2D eigenvalue weighted by Crippen LogP contribution is 2.36. The second kappa shape index (κ2) is 5.36. The van der Waals surface area contributed by atoms with Crippen LogP contribution in [0.5, 0.6) is 0 Å². The molecule has 2 N–H and O–H groups in total. The van der Waals surface area contributed by atoms with Gasteiger partial charge >= 0.3 is 0 Å². The van der Waals surface area contributed by atoms with Gasteiger partial charge in [-0.2, -0.15) is 10.1 Å². The van der Waals surface area contributed by atoms with E-state index >= 15 is 0 Å². The van der Waals surface area contributed by atoms with E-state index in [1.54, 1.807) is 4.90 Å². The molecule has 124 valence electrons. The number of H-pyrrole nitrogens is 2. The van der Waals surface area contributed by atoms with Crippen molar-refractivity contribution in [2.24, 2.45) is 0 Å². The number of halogens is 3. The first kappa shape index (κ1) is 14.7. The van der Waals surface area contributed by atoms with E-state index in [-0.39, 0.29) is 17.1 Å². The maximum Gasteiger partial charge on any atom is 0.263 e. The van der Waals surface area contributed by atoms with E-state index in [2.05, 4.69) is 20.2 Å². The van der Waals surface area contributed by atoms with Gasteiger partial charge < -0.3 is 4.90 Å². The second-order valence-electron chi connectivity index (χ2n) is 5.66. The molecule has 1 aliphatic heterocycles. The molecule has 3 aromatic rings. The Kier molecular flexibility index (Phi) is 3.29. The SMILES string of the molecule is O=c1[nH]c(N2CCCC2c2cc(F)cc(F)c2F)nc2[nH]ncc12. The molecule has 0 aliphatic carbocycles. The van der Waals surface area contributed by atoms with Gasteiger partial charge in [0.1, 0.15) is 11.2 Å². The van der Waals surface area contributed by atoms with Gasteiger partial charge in [-0.05, 0) is 18.9 Å². The van der Waals surface area contributed by atoms with Crippen molar-refractivity contribution < 1.29 is 13.2 Å². The van der Waals surface area contributed by atoms with Crippen LogP contribution in [-0.4, -0.2) is 26.7 Å². The summed E-state index contributed by atoms with van der Waals surface area (Å²) in [4.78, 5) is 20.6. The number of aromatic nitrogens is 4. The Morgan fingerprint density at radius 3 is 2.92 bits per heavy atom. The number of hydrogen-bond donors (Lipinski definition) is 2. The summed E-state index contributed by atoms with van der Waals surface area (Å²) in [5.74, 6) is -2.95. The number of anilines is 1. The van der Waals surface area contributed by atoms with Crippen molar-refractivity contribution in [1.82, 2.24) is 20.2 Å². The molecule has 1 fully saturated rings. The fourth-order valence-corrected chi connectivity index (χ4v) is 3.13. The van der Waals surface area contributed by atoms with Crippen LogP contribution in [0.3, 0.4) is 0 Å². The third-order valence-electron chi connectivity index (χ3n) is 4.21. The molecule has 2 aromatic heterocycles. The van der Waals surface area contributed by atoms with Gasteiger partial charge in [0, 0.05) is 18.2 Å². The highest BCUT2D eigenvalue weighted by Gasteiger charge is 2.31. The topological polar surface area (TPSA) is 77.7 Å². The zero-order valence-corrected chi connectivity index (χ0v) is 12.3. The summed E-state index contributed by atoms with van der Waals surface area (Å²) < 4.78 is 41.2. The fourth-order valence-electron chi connectivity index (χ4n) is 3.13. The van der Waals surface area contributed by atoms with Crippen LogP contribution in [0, 0.1) is 17.5 Å². The lowest BCUT2D eigenvalue weighted by Gasteiger charge is -2.25. The number of hydrogen-bond acceptors (Lipinski definition) is 4. The van der Waals surface area contributed by atoms with Gasteiger partial charge in [0.15, 0.2) is 17.3 Å². The zero-order valence-electron chi connectivity index (χ0n) is 12.3. The molecule has 1 atom stereocenters. The maximum absolute atomic E-state index is 14.1. The summed E-state index contributed by atoms with van der Waals surface area (Å²) in [6, 6.07) is 0.877. The van der Waals surface area contributed by atoms with Crippen LogP contribution in [0.15, 0.2) is 23.1 Å². The molecule has 1 saturated heterocycles. The minimum atomic E-state index is -1.23. The number of aromatic amines is 2. The Balaban J connectivity index is 1.81. The summed E-state index contributed by atoms with van der Waals surface area (Å²) in [6.07, 6.45) is 2.52. The molecule has 0 radical (unpaired) electrons. The number of fused-ring (bicyclic) bond motifs is 1. The minimum Gasteiger partial charge on any atom is -0.335 e. The van der Waals surface area contributed by atoms with Crippen LogP contribution in [0.1, 0.15) is 24.4 Å². The summed E-state index contributed by atoms with van der Waals surface area (Å²) in [7, 11) is 0. The summed E-state index contributed by atoms with van der Waals surface area (Å²) in [5.41, 5.74) is -0.178. The van der Waals surface area contributed by atoms with Crippen LogP contribution in [-0.2, 0) is 0 Å². The molecule has 3 heterocycles. The van der Waals surface area contributed by atoms with Gasteiger partial charge in [-0.3, -0.25) is 14.9 Å². The first-order valence-corrected chi connectivity index (χ1v) is 7.39. The Labute approximate surface area is 133 Å². The van der Waals surface area contributed by atoms with E-state index in [9.17, 15) is 18.0 Å². The number of benzene rings is 1. The molecular weight excluding hydrogens is 323 g/mol. The van der Waals surface area contributed by atoms with Crippen LogP contribution < -0.4 is 10.5 Å². The lowest BCUT2D eigenvalue weighted by Crippen LogP contribution is -2.28. The first-order valence-electron chi connectivity index (χ1n) is 7.39. The van der Waals surface area contributed by atoms with E-state index < -0.39 is 23.5 Å². The van der Waals surface area contributed by atoms with Crippen molar-refractivity contribution in [2.75, 3.05) is 11.4 Å². The van der Waals surface area contributed by atoms with Gasteiger partial charge in [-0.25, -0.2) is 13.2 Å². The molecule has 9 heteroatoms. The van der Waals surface area contributed by atoms with Crippen LogP contribution in [0.25, 0.3) is 11.0 Å². The van der Waals surface area contributed by atoms with Crippen molar-refractivity contribution in [3.05, 3.63) is 51.7 Å². The molecule has 0 saturated carbocycles. The third-order valence-corrected chi connectivity index (χ3v) is 4.21. The third kappa shape index (κ3) is 2.24. The molecule has 4 rings (SSSR count). The van der Waals surface area contributed by atoms with Crippen molar-refractivity contribution >= 4 is 17.0 Å². The number of nitrogens with zero attached hydrogens (tertiary/aromatic N) is 3. The van der Waals surface area contributed by atoms with Crippen molar-refractivity contribution in [1.29, 1.82) is 0 Å². The number of nitrogens with one attached hydrogen (secondary N) is 2. The van der Waals surface area contributed by atoms with Gasteiger partial charge in [0.05, 0.1) is 12.2 Å². The lowest BCUT2D eigenvalue weighted by molar-refractivity contribution is 0.473. The molecule has 0 spiro atoms. The Morgan fingerprint density at radius 1 is 1.25 bits per heavy atom. The predicted octanol–water partition coefficient (Wildman–Crippen LogP) is 2.41. The van der Waals surface area contributed by atoms with Gasteiger partial charge in [-0.1, -0.05) is 0 Å². The first-order chi connectivity index (χ1) is 11.5. The molecular formula is C15H12F3N5O. The molecule has 1 unspecified atom stereocenters. The summed E-state index contributed by atoms with van der Waals surface area (Å²) in [6.45, 7) is 0.477. The lowest BCUT2D eigenvalue weighted by atomic mass is 10.0. The van der Waals surface area contributed by atoms with Crippen molar-refractivity contribution in [3.8, 4) is 0 Å². The Morgan fingerprint density at radius 2 is 2.08 bits per heavy atom. The summed E-state index contributed by atoms with van der Waals surface area (Å²) >= 11 is 0. The average molecular weight is 335 g/mol. The van der Waals surface area contributed by atoms with E-state index in [0.717, 1.165) is 6.07 Å². The van der Waals surface area contributed by atoms with Crippen LogP contribution in [0.4, 0.5) is 19.1 Å². The average Bonchev–Trinajstić information content (AvgIpc) is 3.19. The highest BCUT2D eigenvalue weighted by molar-refractivity contribution is 5.73. The molecule has 1 aromatic carbocycles. The predicted molar refractivity (Wildman–Crippen MR) is 80.1 cm³/mol.